The molecule has 0 amide bonds. The Bertz CT molecular complexity index is 877. The topological polar surface area (TPSA) is 58.2 Å². The van der Waals surface area contributed by atoms with Crippen LogP contribution in [0.15, 0.2) is 52.3 Å². The first-order valence-electron chi connectivity index (χ1n) is 8.49. The molecule has 1 saturated heterocycles. The van der Waals surface area contributed by atoms with Gasteiger partial charge in [-0.15, -0.1) is 0 Å². The molecule has 1 fully saturated rings. The van der Waals surface area contributed by atoms with Crippen LogP contribution in [0, 0.1) is 6.92 Å². The lowest BCUT2D eigenvalue weighted by Gasteiger charge is -2.16. The third-order valence-corrected chi connectivity index (χ3v) is 6.87. The van der Waals surface area contributed by atoms with Gasteiger partial charge in [0.25, 0.3) is 0 Å². The largest absolute Gasteiger partial charge is 0.381 e. The standard InChI is InChI=1S/C19H22N2O2S/c1-13-3-2-4-14(11-13)24(22,23)15-5-6-18-17(12-15)16-7-9-20-10-8-19(16)21-18/h2-6,11-12,16,19-21H,7-10H2,1H3/t16-,19-/m0/s1. The van der Waals surface area contributed by atoms with Crippen molar-refractivity contribution in [2.24, 2.45) is 0 Å². The Balaban J connectivity index is 1.75. The van der Waals surface area contributed by atoms with Crippen LogP contribution in [0.2, 0.25) is 0 Å². The predicted molar refractivity (Wildman–Crippen MR) is 95.3 cm³/mol. The zero-order chi connectivity index (χ0) is 16.7. The maximum absolute atomic E-state index is 13.0. The number of aryl methyl sites for hydroxylation is 1. The highest BCUT2D eigenvalue weighted by atomic mass is 32.2. The lowest BCUT2D eigenvalue weighted by molar-refractivity contribution is 0.576. The van der Waals surface area contributed by atoms with Crippen LogP contribution in [0.5, 0.6) is 0 Å². The number of rotatable bonds is 2. The lowest BCUT2D eigenvalue weighted by atomic mass is 9.91. The number of fused-ring (bicyclic) bond motifs is 3. The summed E-state index contributed by atoms with van der Waals surface area (Å²) in [5.41, 5.74) is 3.20. The molecular formula is C19H22N2O2S. The van der Waals surface area contributed by atoms with Crippen LogP contribution in [0.4, 0.5) is 5.69 Å². The van der Waals surface area contributed by atoms with Gasteiger partial charge >= 0.3 is 0 Å². The summed E-state index contributed by atoms with van der Waals surface area (Å²) < 4.78 is 26.0. The smallest absolute Gasteiger partial charge is 0.206 e. The monoisotopic (exact) mass is 342 g/mol. The van der Waals surface area contributed by atoms with E-state index in [1.165, 1.54) is 0 Å². The van der Waals surface area contributed by atoms with E-state index < -0.39 is 9.84 Å². The first-order valence-corrected chi connectivity index (χ1v) is 9.97. The molecular weight excluding hydrogens is 320 g/mol. The van der Waals surface area contributed by atoms with Crippen LogP contribution in [0.1, 0.15) is 29.9 Å². The highest BCUT2D eigenvalue weighted by Gasteiger charge is 2.34. The Morgan fingerprint density at radius 3 is 2.62 bits per heavy atom. The van der Waals surface area contributed by atoms with Crippen molar-refractivity contribution in [1.29, 1.82) is 0 Å². The molecule has 24 heavy (non-hydrogen) atoms. The lowest BCUT2D eigenvalue weighted by Crippen LogP contribution is -2.21. The second-order valence-corrected chi connectivity index (χ2v) is 8.70. The molecule has 5 heteroatoms. The Labute approximate surface area is 143 Å². The minimum Gasteiger partial charge on any atom is -0.381 e. The van der Waals surface area contributed by atoms with Gasteiger partial charge in [-0.05, 0) is 74.3 Å². The summed E-state index contributed by atoms with van der Waals surface area (Å²) in [6.07, 6.45) is 2.11. The van der Waals surface area contributed by atoms with Crippen molar-refractivity contribution in [3.05, 3.63) is 53.6 Å². The third kappa shape index (κ3) is 2.62. The minimum absolute atomic E-state index is 0.368. The van der Waals surface area contributed by atoms with E-state index in [9.17, 15) is 8.42 Å². The van der Waals surface area contributed by atoms with Gasteiger partial charge in [0.15, 0.2) is 0 Å². The molecule has 0 bridgehead atoms. The molecule has 2 aliphatic rings. The molecule has 0 unspecified atom stereocenters. The highest BCUT2D eigenvalue weighted by Crippen LogP contribution is 2.41. The molecule has 0 spiro atoms. The van der Waals surface area contributed by atoms with Crippen LogP contribution in [-0.2, 0) is 9.84 Å². The molecule has 0 radical (unpaired) electrons. The average Bonchev–Trinajstić information content (AvgIpc) is 2.75. The molecule has 2 aliphatic heterocycles. The maximum Gasteiger partial charge on any atom is 0.206 e. The van der Waals surface area contributed by atoms with Crippen LogP contribution < -0.4 is 10.6 Å². The molecule has 4 nitrogen and oxygen atoms in total. The third-order valence-electron chi connectivity index (χ3n) is 5.12. The van der Waals surface area contributed by atoms with E-state index in [-0.39, 0.29) is 0 Å². The van der Waals surface area contributed by atoms with Gasteiger partial charge in [-0.1, -0.05) is 12.1 Å². The van der Waals surface area contributed by atoms with Gasteiger partial charge in [0, 0.05) is 17.6 Å². The number of hydrogen-bond donors (Lipinski definition) is 2. The van der Waals surface area contributed by atoms with Gasteiger partial charge in [-0.25, -0.2) is 8.42 Å². The van der Waals surface area contributed by atoms with Gasteiger partial charge in [0.2, 0.25) is 9.84 Å². The van der Waals surface area contributed by atoms with E-state index in [0.29, 0.717) is 21.8 Å². The van der Waals surface area contributed by atoms with Crippen molar-refractivity contribution < 1.29 is 8.42 Å². The molecule has 2 aromatic rings. The van der Waals surface area contributed by atoms with Crippen molar-refractivity contribution in [3.63, 3.8) is 0 Å². The summed E-state index contributed by atoms with van der Waals surface area (Å²) in [5, 5.41) is 6.99. The fourth-order valence-corrected chi connectivity index (χ4v) is 5.25. The Morgan fingerprint density at radius 1 is 1.00 bits per heavy atom. The Hall–Kier alpha value is -1.85. The second-order valence-electron chi connectivity index (χ2n) is 6.75. The Kier molecular flexibility index (Phi) is 3.85. The van der Waals surface area contributed by atoms with Crippen molar-refractivity contribution in [3.8, 4) is 0 Å². The van der Waals surface area contributed by atoms with Crippen molar-refractivity contribution in [1.82, 2.24) is 5.32 Å². The summed E-state index contributed by atoms with van der Waals surface area (Å²) in [7, 11) is -3.47. The van der Waals surface area contributed by atoms with Gasteiger partial charge in [0.1, 0.15) is 0 Å². The summed E-state index contributed by atoms with van der Waals surface area (Å²) in [5.74, 6) is 0.391. The van der Waals surface area contributed by atoms with Gasteiger partial charge < -0.3 is 10.6 Å². The predicted octanol–water partition coefficient (Wildman–Crippen LogP) is 3.09. The molecule has 2 atom stereocenters. The summed E-state index contributed by atoms with van der Waals surface area (Å²) in [4.78, 5) is 0.763. The van der Waals surface area contributed by atoms with Crippen LogP contribution in [0.3, 0.4) is 0 Å². The SMILES string of the molecule is Cc1cccc(S(=O)(=O)c2ccc3c(c2)[C@@H]2CCNCC[C@@H]2N3)c1. The molecule has 2 heterocycles. The molecule has 0 saturated carbocycles. The van der Waals surface area contributed by atoms with E-state index in [0.717, 1.165) is 42.7 Å². The van der Waals surface area contributed by atoms with E-state index in [4.69, 9.17) is 0 Å². The van der Waals surface area contributed by atoms with Gasteiger partial charge in [-0.3, -0.25) is 0 Å². The summed E-state index contributed by atoms with van der Waals surface area (Å²) >= 11 is 0. The van der Waals surface area contributed by atoms with Crippen molar-refractivity contribution in [2.45, 2.75) is 41.5 Å². The number of anilines is 1. The number of nitrogens with one attached hydrogen (secondary N) is 2. The first-order chi connectivity index (χ1) is 11.6. The van der Waals surface area contributed by atoms with E-state index in [2.05, 4.69) is 10.6 Å². The fourth-order valence-electron chi connectivity index (χ4n) is 3.85. The van der Waals surface area contributed by atoms with Crippen molar-refractivity contribution >= 4 is 15.5 Å². The zero-order valence-electron chi connectivity index (χ0n) is 13.7. The maximum atomic E-state index is 13.0. The average molecular weight is 342 g/mol. The second kappa shape index (κ2) is 5.90. The zero-order valence-corrected chi connectivity index (χ0v) is 14.6. The van der Waals surface area contributed by atoms with Crippen LogP contribution in [0.25, 0.3) is 0 Å². The quantitative estimate of drug-likeness (QED) is 0.880. The van der Waals surface area contributed by atoms with Gasteiger partial charge in [0.05, 0.1) is 9.79 Å². The molecule has 0 aromatic heterocycles. The number of sulfone groups is 1. The molecule has 4 rings (SSSR count). The minimum atomic E-state index is -3.47. The fraction of sp³-hybridized carbons (Fsp3) is 0.368. The highest BCUT2D eigenvalue weighted by molar-refractivity contribution is 7.91. The molecule has 0 aliphatic carbocycles. The van der Waals surface area contributed by atoms with E-state index >= 15 is 0 Å². The summed E-state index contributed by atoms with van der Waals surface area (Å²) in [6.45, 7) is 3.91. The molecule has 126 valence electrons. The van der Waals surface area contributed by atoms with Crippen LogP contribution in [-0.4, -0.2) is 27.5 Å². The first kappa shape index (κ1) is 15.7. The Morgan fingerprint density at radius 2 is 1.79 bits per heavy atom. The van der Waals surface area contributed by atoms with Gasteiger partial charge in [-0.2, -0.15) is 0 Å². The van der Waals surface area contributed by atoms with E-state index in [1.54, 1.807) is 24.3 Å². The summed E-state index contributed by atoms with van der Waals surface area (Å²) in [6, 6.07) is 13.1. The number of benzene rings is 2. The number of hydrogen-bond acceptors (Lipinski definition) is 4. The molecule has 2 aromatic carbocycles. The van der Waals surface area contributed by atoms with Crippen molar-refractivity contribution in [2.75, 3.05) is 18.4 Å². The van der Waals surface area contributed by atoms with E-state index in [1.807, 2.05) is 25.1 Å². The molecule has 2 N–H and O–H groups in total. The normalized spacial score (nSPS) is 23.0. The van der Waals surface area contributed by atoms with Crippen LogP contribution >= 0.6 is 0 Å².